The van der Waals surface area contributed by atoms with E-state index in [0.29, 0.717) is 60.8 Å². The van der Waals surface area contributed by atoms with Gasteiger partial charge in [-0.2, -0.15) is 0 Å². The summed E-state index contributed by atoms with van der Waals surface area (Å²) in [6, 6.07) is 8.74. The fourth-order valence-corrected chi connectivity index (χ4v) is 4.31. The fraction of sp³-hybridized carbons (Fsp3) is 0.429. The van der Waals surface area contributed by atoms with Crippen LogP contribution in [0.3, 0.4) is 0 Å². The number of aliphatic hydroxyl groups is 2. The lowest BCUT2D eigenvalue weighted by Gasteiger charge is -2.46. The Balaban J connectivity index is 1.39. The average Bonchev–Trinajstić information content (AvgIpc) is 2.67. The highest BCUT2D eigenvalue weighted by Crippen LogP contribution is 2.45. The number of rotatable bonds is 3. The summed E-state index contributed by atoms with van der Waals surface area (Å²) in [6.07, 6.45) is 0.388. The number of β-amino-alcohol motifs (C(OH)–C–C–N with tert-alkyl or cyclic N) is 1. The van der Waals surface area contributed by atoms with Gasteiger partial charge in [0.1, 0.15) is 11.4 Å². The molecule has 0 bridgehead atoms. The summed E-state index contributed by atoms with van der Waals surface area (Å²) < 4.78 is 32.7. The lowest BCUT2D eigenvalue weighted by Crippen LogP contribution is -2.51. The number of aliphatic hydroxyl groups excluding tert-OH is 2. The van der Waals surface area contributed by atoms with E-state index < -0.39 is 29.4 Å². The second-order valence-electron chi connectivity index (χ2n) is 7.68. The van der Waals surface area contributed by atoms with E-state index in [0.717, 1.165) is 12.1 Å². The first kappa shape index (κ1) is 19.6. The predicted molar refractivity (Wildman–Crippen MR) is 101 cm³/mol. The Morgan fingerprint density at radius 1 is 1.14 bits per heavy atom. The number of hydrogen-bond acceptors (Lipinski definition) is 4. The van der Waals surface area contributed by atoms with E-state index >= 15 is 0 Å². The van der Waals surface area contributed by atoms with E-state index in [4.69, 9.17) is 16.3 Å². The zero-order chi connectivity index (χ0) is 19.9. The van der Waals surface area contributed by atoms with E-state index in [1.807, 2.05) is 0 Å². The number of ether oxygens (including phenoxy) is 1. The lowest BCUT2D eigenvalue weighted by molar-refractivity contribution is -0.0587. The highest BCUT2D eigenvalue weighted by molar-refractivity contribution is 6.30. The van der Waals surface area contributed by atoms with Crippen molar-refractivity contribution in [2.45, 2.75) is 37.1 Å². The van der Waals surface area contributed by atoms with E-state index in [-0.39, 0.29) is 0 Å². The number of fused-ring (bicyclic) bond motifs is 1. The van der Waals surface area contributed by atoms with Gasteiger partial charge in [-0.15, -0.1) is 0 Å². The zero-order valence-electron chi connectivity index (χ0n) is 15.2. The first-order valence-electron chi connectivity index (χ1n) is 9.37. The molecule has 4 nitrogen and oxygen atoms in total. The van der Waals surface area contributed by atoms with Crippen molar-refractivity contribution in [1.82, 2.24) is 4.90 Å². The minimum atomic E-state index is -0.961. The van der Waals surface area contributed by atoms with Gasteiger partial charge in [0.2, 0.25) is 0 Å². The maximum absolute atomic E-state index is 13.4. The number of hydrogen-bond donors (Lipinski definition) is 2. The van der Waals surface area contributed by atoms with Crippen molar-refractivity contribution >= 4 is 11.6 Å². The second-order valence-corrected chi connectivity index (χ2v) is 8.11. The van der Waals surface area contributed by atoms with E-state index in [1.165, 1.54) is 6.07 Å². The number of likely N-dealkylation sites (tertiary alicyclic amines) is 1. The molecule has 2 N–H and O–H groups in total. The summed E-state index contributed by atoms with van der Waals surface area (Å²) in [6.45, 7) is 1.68. The molecular formula is C21H22ClF2NO3. The molecular weight excluding hydrogens is 388 g/mol. The Bertz CT molecular complexity index is 871. The summed E-state index contributed by atoms with van der Waals surface area (Å²) in [5.74, 6) is -1.22. The van der Waals surface area contributed by atoms with Crippen LogP contribution >= 0.6 is 11.6 Å². The molecule has 1 fully saturated rings. The van der Waals surface area contributed by atoms with Crippen LogP contribution in [0.15, 0.2) is 36.4 Å². The fourth-order valence-electron chi connectivity index (χ4n) is 4.13. The second kappa shape index (κ2) is 7.59. The van der Waals surface area contributed by atoms with Crippen LogP contribution in [-0.2, 0) is 0 Å². The molecule has 0 amide bonds. The Hall–Kier alpha value is -1.73. The largest absolute Gasteiger partial charge is 0.487 e. The van der Waals surface area contributed by atoms with Crippen LogP contribution in [0, 0.1) is 11.6 Å². The minimum absolute atomic E-state index is 0.329. The summed E-state index contributed by atoms with van der Waals surface area (Å²) in [7, 11) is 0. The van der Waals surface area contributed by atoms with Gasteiger partial charge in [-0.25, -0.2) is 8.78 Å². The quantitative estimate of drug-likeness (QED) is 0.804. The molecule has 2 aliphatic rings. The van der Waals surface area contributed by atoms with Crippen molar-refractivity contribution in [3.05, 3.63) is 64.2 Å². The molecule has 28 heavy (non-hydrogen) atoms. The minimum Gasteiger partial charge on any atom is -0.487 e. The molecule has 0 saturated carbocycles. The molecule has 2 aliphatic heterocycles. The van der Waals surface area contributed by atoms with Crippen LogP contribution in [0.4, 0.5) is 8.78 Å². The molecule has 1 saturated heterocycles. The van der Waals surface area contributed by atoms with Gasteiger partial charge in [-0.05, 0) is 48.7 Å². The van der Waals surface area contributed by atoms with Gasteiger partial charge in [-0.3, -0.25) is 0 Å². The molecule has 2 atom stereocenters. The number of piperidine rings is 1. The molecule has 2 aromatic carbocycles. The Morgan fingerprint density at radius 3 is 2.61 bits per heavy atom. The van der Waals surface area contributed by atoms with Gasteiger partial charge in [-0.1, -0.05) is 17.7 Å². The third-order valence-electron chi connectivity index (χ3n) is 5.75. The Labute approximate surface area is 167 Å². The molecule has 150 valence electrons. The van der Waals surface area contributed by atoms with Crippen molar-refractivity contribution in [2.24, 2.45) is 0 Å². The molecule has 0 aromatic heterocycles. The van der Waals surface area contributed by atoms with E-state index in [2.05, 4.69) is 4.90 Å². The third-order valence-corrected chi connectivity index (χ3v) is 5.98. The van der Waals surface area contributed by atoms with Crippen LogP contribution in [0.2, 0.25) is 5.02 Å². The molecule has 1 spiro atoms. The standard InChI is InChI=1S/C21H22ClF2NO3/c22-14-2-4-20-15(10-14)18(26)11-21(28-20)5-7-25(8-6-21)12-19(27)13-1-3-16(23)17(24)9-13/h1-4,9-10,18-19,26-27H,5-8,11-12H2/t18-,19-/m1/s1. The summed E-state index contributed by atoms with van der Waals surface area (Å²) in [5.41, 5.74) is 0.632. The normalized spacial score (nSPS) is 22.5. The summed E-state index contributed by atoms with van der Waals surface area (Å²) in [5, 5.41) is 21.5. The Morgan fingerprint density at radius 2 is 1.89 bits per heavy atom. The van der Waals surface area contributed by atoms with Gasteiger partial charge in [0.05, 0.1) is 12.2 Å². The molecule has 4 rings (SSSR count). The summed E-state index contributed by atoms with van der Waals surface area (Å²) >= 11 is 6.01. The van der Waals surface area contributed by atoms with Crippen LogP contribution in [0.25, 0.3) is 0 Å². The molecule has 2 aromatic rings. The number of benzene rings is 2. The predicted octanol–water partition coefficient (Wildman–Crippen LogP) is 4.00. The van der Waals surface area contributed by atoms with Crippen molar-refractivity contribution < 1.29 is 23.7 Å². The smallest absolute Gasteiger partial charge is 0.159 e. The van der Waals surface area contributed by atoms with Gasteiger partial charge < -0.3 is 19.8 Å². The third kappa shape index (κ3) is 3.87. The van der Waals surface area contributed by atoms with Crippen LogP contribution < -0.4 is 4.74 Å². The van der Waals surface area contributed by atoms with Gasteiger partial charge >= 0.3 is 0 Å². The van der Waals surface area contributed by atoms with Gasteiger partial charge in [0.15, 0.2) is 11.6 Å². The van der Waals surface area contributed by atoms with E-state index in [1.54, 1.807) is 18.2 Å². The SMILES string of the molecule is O[C@H](CN1CCC2(CC1)C[C@@H](O)c1cc(Cl)ccc1O2)c1ccc(F)c(F)c1. The van der Waals surface area contributed by atoms with Gasteiger partial charge in [0, 0.05) is 36.6 Å². The van der Waals surface area contributed by atoms with Crippen LogP contribution in [0.1, 0.15) is 42.6 Å². The van der Waals surface area contributed by atoms with Crippen molar-refractivity contribution in [3.8, 4) is 5.75 Å². The average molecular weight is 410 g/mol. The first-order chi connectivity index (χ1) is 13.3. The highest BCUT2D eigenvalue weighted by atomic mass is 35.5. The topological polar surface area (TPSA) is 52.9 Å². The van der Waals surface area contributed by atoms with Crippen molar-refractivity contribution in [3.63, 3.8) is 0 Å². The number of halogens is 3. The van der Waals surface area contributed by atoms with Crippen LogP contribution in [-0.4, -0.2) is 40.3 Å². The van der Waals surface area contributed by atoms with Crippen molar-refractivity contribution in [1.29, 1.82) is 0 Å². The molecule has 0 aliphatic carbocycles. The van der Waals surface area contributed by atoms with Crippen LogP contribution in [0.5, 0.6) is 5.75 Å². The molecule has 0 unspecified atom stereocenters. The molecule has 2 heterocycles. The molecule has 7 heteroatoms. The summed E-state index contributed by atoms with van der Waals surface area (Å²) in [4.78, 5) is 2.07. The highest BCUT2D eigenvalue weighted by Gasteiger charge is 2.43. The monoisotopic (exact) mass is 409 g/mol. The number of nitrogens with zero attached hydrogens (tertiary/aromatic N) is 1. The maximum atomic E-state index is 13.4. The van der Waals surface area contributed by atoms with Gasteiger partial charge in [0.25, 0.3) is 0 Å². The Kier molecular flexibility index (Phi) is 5.31. The zero-order valence-corrected chi connectivity index (χ0v) is 16.0. The maximum Gasteiger partial charge on any atom is 0.159 e. The molecule has 0 radical (unpaired) electrons. The van der Waals surface area contributed by atoms with Crippen molar-refractivity contribution in [2.75, 3.05) is 19.6 Å². The lowest BCUT2D eigenvalue weighted by atomic mass is 9.81. The van der Waals surface area contributed by atoms with E-state index in [9.17, 15) is 19.0 Å². The first-order valence-corrected chi connectivity index (χ1v) is 9.75.